The van der Waals surface area contributed by atoms with Crippen molar-refractivity contribution in [3.8, 4) is 11.8 Å². The number of rotatable bonds is 10. The van der Waals surface area contributed by atoms with Gasteiger partial charge in [-0.2, -0.15) is 5.26 Å². The van der Waals surface area contributed by atoms with Gasteiger partial charge in [-0.3, -0.25) is 9.59 Å². The number of H-pyrrole nitrogens is 1. The predicted molar refractivity (Wildman–Crippen MR) is 145 cm³/mol. The third kappa shape index (κ3) is 7.42. The molecule has 2 aromatic heterocycles. The summed E-state index contributed by atoms with van der Waals surface area (Å²) in [6.07, 6.45) is 9.36. The van der Waals surface area contributed by atoms with Crippen LogP contribution in [-0.2, 0) is 9.59 Å². The van der Waals surface area contributed by atoms with E-state index in [1.807, 2.05) is 30.5 Å². The van der Waals surface area contributed by atoms with E-state index in [2.05, 4.69) is 47.3 Å². The number of pyridine rings is 1. The third-order valence-electron chi connectivity index (χ3n) is 7.09. The SMILES string of the molecule is CCC(=O)NC1(C#N)CCC1.CCC(CCC(C(C)=O)c1ccccc1C)Oc1cnc2[nH]ccc2c1. The average molecular weight is 503 g/mol. The molecule has 1 aromatic carbocycles. The normalized spacial score (nSPS) is 15.3. The van der Waals surface area contributed by atoms with Crippen molar-refractivity contribution in [1.29, 1.82) is 5.26 Å². The number of hydrogen-bond donors (Lipinski definition) is 2. The fourth-order valence-electron chi connectivity index (χ4n) is 4.58. The van der Waals surface area contributed by atoms with Crippen molar-refractivity contribution in [1.82, 2.24) is 15.3 Å². The number of nitrogens with one attached hydrogen (secondary N) is 2. The Bertz CT molecular complexity index is 1240. The number of carbonyl (C=O) groups excluding carboxylic acids is 2. The minimum absolute atomic E-state index is 0.0220. The summed E-state index contributed by atoms with van der Waals surface area (Å²) in [6.45, 7) is 7.65. The molecule has 1 aliphatic carbocycles. The lowest BCUT2D eigenvalue weighted by molar-refractivity contribution is -0.123. The summed E-state index contributed by atoms with van der Waals surface area (Å²) in [5.74, 6) is 0.897. The summed E-state index contributed by atoms with van der Waals surface area (Å²) in [5.41, 5.74) is 2.66. The molecule has 1 fully saturated rings. The molecule has 0 aliphatic heterocycles. The summed E-state index contributed by atoms with van der Waals surface area (Å²) < 4.78 is 6.15. The lowest BCUT2D eigenvalue weighted by atomic mass is 9.78. The first-order valence-electron chi connectivity index (χ1n) is 13.2. The van der Waals surface area contributed by atoms with Gasteiger partial charge in [-0.1, -0.05) is 38.1 Å². The molecule has 7 heteroatoms. The van der Waals surface area contributed by atoms with Gasteiger partial charge in [0, 0.05) is 23.9 Å². The third-order valence-corrected chi connectivity index (χ3v) is 7.09. The number of carbonyl (C=O) groups is 2. The van der Waals surface area contributed by atoms with Crippen LogP contribution >= 0.6 is 0 Å². The average Bonchev–Trinajstić information content (AvgIpc) is 3.34. The Labute approximate surface area is 219 Å². The highest BCUT2D eigenvalue weighted by Gasteiger charge is 2.38. The minimum Gasteiger partial charge on any atom is -0.489 e. The van der Waals surface area contributed by atoms with Crippen molar-refractivity contribution in [2.75, 3.05) is 0 Å². The zero-order valence-corrected chi connectivity index (χ0v) is 22.3. The van der Waals surface area contributed by atoms with Gasteiger partial charge in [0.25, 0.3) is 0 Å². The van der Waals surface area contributed by atoms with E-state index in [0.29, 0.717) is 6.42 Å². The Hall–Kier alpha value is -3.66. The number of ketones is 1. The zero-order valence-electron chi connectivity index (χ0n) is 22.3. The first-order valence-corrected chi connectivity index (χ1v) is 13.2. The number of nitriles is 1. The van der Waals surface area contributed by atoms with Gasteiger partial charge in [0.2, 0.25) is 5.91 Å². The van der Waals surface area contributed by atoms with E-state index in [-0.39, 0.29) is 23.7 Å². The van der Waals surface area contributed by atoms with Crippen molar-refractivity contribution >= 4 is 22.7 Å². The van der Waals surface area contributed by atoms with E-state index in [4.69, 9.17) is 10.00 Å². The molecule has 0 saturated heterocycles. The lowest BCUT2D eigenvalue weighted by Gasteiger charge is -2.35. The molecule has 1 amide bonds. The molecule has 3 aromatic rings. The van der Waals surface area contributed by atoms with E-state index in [1.54, 1.807) is 20.0 Å². The summed E-state index contributed by atoms with van der Waals surface area (Å²) in [6, 6.07) is 14.3. The molecule has 7 nitrogen and oxygen atoms in total. The molecule has 2 N–H and O–H groups in total. The Balaban J connectivity index is 0.000000289. The van der Waals surface area contributed by atoms with Gasteiger partial charge in [0.05, 0.1) is 18.4 Å². The number of benzene rings is 1. The van der Waals surface area contributed by atoms with Crippen molar-refractivity contribution in [3.05, 3.63) is 59.9 Å². The van der Waals surface area contributed by atoms with Gasteiger partial charge >= 0.3 is 0 Å². The van der Waals surface area contributed by atoms with Crippen molar-refractivity contribution in [2.45, 2.75) is 90.2 Å². The van der Waals surface area contributed by atoms with Crippen LogP contribution in [0.3, 0.4) is 0 Å². The van der Waals surface area contributed by atoms with Crippen LogP contribution < -0.4 is 10.1 Å². The largest absolute Gasteiger partial charge is 0.489 e. The molecular formula is C30H38N4O3. The van der Waals surface area contributed by atoms with Gasteiger partial charge in [-0.15, -0.1) is 0 Å². The second-order valence-corrected chi connectivity index (χ2v) is 9.78. The molecule has 2 heterocycles. The Morgan fingerprint density at radius 1 is 1.22 bits per heavy atom. The zero-order chi connectivity index (χ0) is 26.8. The van der Waals surface area contributed by atoms with E-state index in [0.717, 1.165) is 60.9 Å². The number of fused-ring (bicyclic) bond motifs is 1. The molecule has 2 unspecified atom stereocenters. The van der Waals surface area contributed by atoms with Crippen LogP contribution in [0.25, 0.3) is 11.0 Å². The summed E-state index contributed by atoms with van der Waals surface area (Å²) in [5, 5.41) is 12.5. The van der Waals surface area contributed by atoms with Crippen LogP contribution in [0, 0.1) is 18.3 Å². The maximum Gasteiger partial charge on any atom is 0.220 e. The highest BCUT2D eigenvalue weighted by atomic mass is 16.5. The summed E-state index contributed by atoms with van der Waals surface area (Å²) in [7, 11) is 0. The molecule has 1 aliphatic rings. The number of amides is 1. The number of aromatic amines is 1. The topological polar surface area (TPSA) is 108 Å². The smallest absolute Gasteiger partial charge is 0.220 e. The molecule has 37 heavy (non-hydrogen) atoms. The van der Waals surface area contributed by atoms with E-state index < -0.39 is 5.54 Å². The van der Waals surface area contributed by atoms with Gasteiger partial charge in [0.15, 0.2) is 0 Å². The van der Waals surface area contributed by atoms with E-state index in [9.17, 15) is 9.59 Å². The molecular weight excluding hydrogens is 464 g/mol. The number of hydrogen-bond acceptors (Lipinski definition) is 5. The van der Waals surface area contributed by atoms with Crippen LogP contribution in [0.2, 0.25) is 0 Å². The van der Waals surface area contributed by atoms with Crippen LogP contribution in [0.15, 0.2) is 48.8 Å². The highest BCUT2D eigenvalue weighted by Crippen LogP contribution is 2.31. The van der Waals surface area contributed by atoms with Gasteiger partial charge in [0.1, 0.15) is 22.7 Å². The molecule has 0 bridgehead atoms. The quantitative estimate of drug-likeness (QED) is 0.346. The predicted octanol–water partition coefficient (Wildman–Crippen LogP) is 6.14. The monoisotopic (exact) mass is 502 g/mol. The first-order chi connectivity index (χ1) is 17.8. The minimum atomic E-state index is -0.507. The van der Waals surface area contributed by atoms with Crippen LogP contribution in [-0.4, -0.2) is 33.3 Å². The van der Waals surface area contributed by atoms with Crippen molar-refractivity contribution in [3.63, 3.8) is 0 Å². The van der Waals surface area contributed by atoms with Crippen LogP contribution in [0.1, 0.15) is 82.8 Å². The van der Waals surface area contributed by atoms with Crippen LogP contribution in [0.4, 0.5) is 0 Å². The number of ether oxygens (including phenoxy) is 1. The molecule has 196 valence electrons. The number of aromatic nitrogens is 2. The number of Topliss-reactive ketones (excluding diaryl/α,β-unsaturated/α-hetero) is 1. The van der Waals surface area contributed by atoms with Crippen molar-refractivity contribution < 1.29 is 14.3 Å². The molecule has 0 spiro atoms. The molecule has 0 radical (unpaired) electrons. The first kappa shape index (κ1) is 27.9. The van der Waals surface area contributed by atoms with Crippen molar-refractivity contribution in [2.24, 2.45) is 0 Å². The molecule has 4 rings (SSSR count). The summed E-state index contributed by atoms with van der Waals surface area (Å²) in [4.78, 5) is 30.6. The van der Waals surface area contributed by atoms with Gasteiger partial charge < -0.3 is 15.0 Å². The lowest BCUT2D eigenvalue weighted by Crippen LogP contribution is -2.52. The Morgan fingerprint density at radius 3 is 2.57 bits per heavy atom. The number of aryl methyl sites for hydroxylation is 1. The Kier molecular flexibility index (Phi) is 9.85. The molecule has 1 saturated carbocycles. The highest BCUT2D eigenvalue weighted by molar-refractivity contribution is 5.83. The fraction of sp³-hybridized carbons (Fsp3) is 0.467. The summed E-state index contributed by atoms with van der Waals surface area (Å²) >= 11 is 0. The van der Waals surface area contributed by atoms with Crippen LogP contribution in [0.5, 0.6) is 5.75 Å². The van der Waals surface area contributed by atoms with E-state index in [1.165, 1.54) is 5.56 Å². The van der Waals surface area contributed by atoms with Gasteiger partial charge in [-0.05, 0) is 75.6 Å². The maximum absolute atomic E-state index is 12.2. The second kappa shape index (κ2) is 13.0. The molecule has 2 atom stereocenters. The van der Waals surface area contributed by atoms with E-state index >= 15 is 0 Å². The second-order valence-electron chi connectivity index (χ2n) is 9.78. The standard InChI is InChI=1S/C22H26N2O2.C8H12N2O/c1-4-18(26-19-13-17-11-12-23-22(17)24-14-19)9-10-21(16(3)25)20-8-6-5-7-15(20)2;1-2-7(11)10-8(6-9)4-3-5-8/h5-8,11-14,18,21H,4,9-10H2,1-3H3,(H,23,24);2-5H2,1H3,(H,10,11). The fourth-order valence-corrected chi connectivity index (χ4v) is 4.58. The van der Waals surface area contributed by atoms with Gasteiger partial charge in [-0.25, -0.2) is 4.98 Å². The number of nitrogens with zero attached hydrogens (tertiary/aromatic N) is 2. The maximum atomic E-state index is 12.2. The Morgan fingerprint density at radius 2 is 1.97 bits per heavy atom.